The molecular formula is C16H14O. The Balaban J connectivity index is 2.12. The van der Waals surface area contributed by atoms with Crippen LogP contribution < -0.4 is 0 Å². The van der Waals surface area contributed by atoms with E-state index in [9.17, 15) is 4.79 Å². The van der Waals surface area contributed by atoms with Gasteiger partial charge in [-0.3, -0.25) is 4.79 Å². The predicted molar refractivity (Wildman–Crippen MR) is 69.3 cm³/mol. The third kappa shape index (κ3) is 1.68. The standard InChI is InChI=1S/C16H14O/c1-11-4-2-3-5-14(11)12-6-8-15-13(10-12)7-9-16(15)17/h2-6,8,10H,7,9H2,1H3. The molecule has 1 aliphatic rings. The van der Waals surface area contributed by atoms with E-state index in [-0.39, 0.29) is 5.78 Å². The van der Waals surface area contributed by atoms with Gasteiger partial charge in [0, 0.05) is 12.0 Å². The van der Waals surface area contributed by atoms with E-state index >= 15 is 0 Å². The molecule has 0 saturated carbocycles. The molecule has 1 heteroatoms. The van der Waals surface area contributed by atoms with Crippen molar-refractivity contribution in [2.75, 3.05) is 0 Å². The van der Waals surface area contributed by atoms with E-state index in [2.05, 4.69) is 43.3 Å². The van der Waals surface area contributed by atoms with Crippen LogP contribution in [0, 0.1) is 6.92 Å². The molecule has 84 valence electrons. The molecule has 1 aliphatic carbocycles. The van der Waals surface area contributed by atoms with E-state index in [1.807, 2.05) is 6.07 Å². The monoisotopic (exact) mass is 222 g/mol. The average molecular weight is 222 g/mol. The Bertz CT molecular complexity index is 596. The van der Waals surface area contributed by atoms with Crippen molar-refractivity contribution in [2.45, 2.75) is 19.8 Å². The highest BCUT2D eigenvalue weighted by Crippen LogP contribution is 2.29. The first-order chi connectivity index (χ1) is 8.25. The third-order valence-corrected chi connectivity index (χ3v) is 3.48. The van der Waals surface area contributed by atoms with Gasteiger partial charge in [0.2, 0.25) is 0 Å². The maximum Gasteiger partial charge on any atom is 0.163 e. The number of rotatable bonds is 1. The minimum absolute atomic E-state index is 0.288. The van der Waals surface area contributed by atoms with Crippen molar-refractivity contribution < 1.29 is 4.79 Å². The van der Waals surface area contributed by atoms with E-state index in [1.54, 1.807) is 0 Å². The van der Waals surface area contributed by atoms with Gasteiger partial charge in [-0.25, -0.2) is 0 Å². The lowest BCUT2D eigenvalue weighted by molar-refractivity contribution is 0.0994. The van der Waals surface area contributed by atoms with Gasteiger partial charge >= 0.3 is 0 Å². The lowest BCUT2D eigenvalue weighted by Gasteiger charge is -2.07. The normalized spacial score (nSPS) is 13.8. The molecule has 3 rings (SSSR count). The van der Waals surface area contributed by atoms with Gasteiger partial charge in [-0.1, -0.05) is 42.5 Å². The molecule has 2 aromatic rings. The van der Waals surface area contributed by atoms with E-state index < -0.39 is 0 Å². The highest BCUT2D eigenvalue weighted by Gasteiger charge is 2.19. The molecule has 2 aromatic carbocycles. The van der Waals surface area contributed by atoms with Crippen molar-refractivity contribution >= 4 is 5.78 Å². The van der Waals surface area contributed by atoms with Crippen molar-refractivity contribution in [2.24, 2.45) is 0 Å². The SMILES string of the molecule is Cc1ccccc1-c1ccc2c(c1)CCC2=O. The van der Waals surface area contributed by atoms with Gasteiger partial charge in [0.15, 0.2) is 5.78 Å². The smallest absolute Gasteiger partial charge is 0.163 e. The molecule has 0 spiro atoms. The maximum absolute atomic E-state index is 11.6. The first-order valence-corrected chi connectivity index (χ1v) is 5.98. The number of carbonyl (C=O) groups excluding carboxylic acids is 1. The van der Waals surface area contributed by atoms with Gasteiger partial charge in [-0.2, -0.15) is 0 Å². The lowest BCUT2D eigenvalue weighted by atomic mass is 9.97. The van der Waals surface area contributed by atoms with Gasteiger partial charge in [0.05, 0.1) is 0 Å². The molecule has 0 N–H and O–H groups in total. The van der Waals surface area contributed by atoms with E-state index in [0.717, 1.165) is 12.0 Å². The Morgan fingerprint density at radius 3 is 2.59 bits per heavy atom. The fraction of sp³-hybridized carbons (Fsp3) is 0.188. The zero-order chi connectivity index (χ0) is 11.8. The van der Waals surface area contributed by atoms with Gasteiger partial charge in [0.1, 0.15) is 0 Å². The Hall–Kier alpha value is -1.89. The van der Waals surface area contributed by atoms with Crippen molar-refractivity contribution in [1.82, 2.24) is 0 Å². The molecule has 0 amide bonds. The summed E-state index contributed by atoms with van der Waals surface area (Å²) >= 11 is 0. The Kier molecular flexibility index (Phi) is 2.32. The van der Waals surface area contributed by atoms with Gasteiger partial charge in [-0.15, -0.1) is 0 Å². The molecule has 17 heavy (non-hydrogen) atoms. The molecule has 0 bridgehead atoms. The molecule has 0 radical (unpaired) electrons. The van der Waals surface area contributed by atoms with Crippen LogP contribution in [0.3, 0.4) is 0 Å². The topological polar surface area (TPSA) is 17.1 Å². The van der Waals surface area contributed by atoms with Crippen molar-refractivity contribution in [3.8, 4) is 11.1 Å². The quantitative estimate of drug-likeness (QED) is 0.717. The number of carbonyl (C=O) groups is 1. The van der Waals surface area contributed by atoms with E-state index in [1.165, 1.54) is 22.3 Å². The summed E-state index contributed by atoms with van der Waals surface area (Å²) in [5.41, 5.74) is 5.88. The molecule has 1 nitrogen and oxygen atoms in total. The molecule has 0 saturated heterocycles. The molecule has 0 heterocycles. The average Bonchev–Trinajstić information content (AvgIpc) is 2.71. The van der Waals surface area contributed by atoms with Crippen molar-refractivity contribution in [1.29, 1.82) is 0 Å². The second kappa shape index (κ2) is 3.85. The summed E-state index contributed by atoms with van der Waals surface area (Å²) in [5, 5.41) is 0. The molecule has 0 aromatic heterocycles. The van der Waals surface area contributed by atoms with Crippen LogP contribution in [0.4, 0.5) is 0 Å². The number of Topliss-reactive ketones (excluding diaryl/α,β-unsaturated/α-hetero) is 1. The van der Waals surface area contributed by atoms with Crippen LogP contribution in [-0.4, -0.2) is 5.78 Å². The number of benzene rings is 2. The number of fused-ring (bicyclic) bond motifs is 1. The fourth-order valence-corrected chi connectivity index (χ4v) is 2.52. The molecule has 0 atom stereocenters. The lowest BCUT2D eigenvalue weighted by Crippen LogP contribution is -1.91. The minimum atomic E-state index is 0.288. The van der Waals surface area contributed by atoms with Crippen LogP contribution in [-0.2, 0) is 6.42 Å². The van der Waals surface area contributed by atoms with E-state index in [0.29, 0.717) is 6.42 Å². The molecule has 0 unspecified atom stereocenters. The fourth-order valence-electron chi connectivity index (χ4n) is 2.52. The van der Waals surface area contributed by atoms with Crippen molar-refractivity contribution in [3.05, 3.63) is 59.2 Å². The van der Waals surface area contributed by atoms with Crippen LogP contribution in [0.25, 0.3) is 11.1 Å². The van der Waals surface area contributed by atoms with Crippen molar-refractivity contribution in [3.63, 3.8) is 0 Å². The second-order valence-corrected chi connectivity index (χ2v) is 4.61. The summed E-state index contributed by atoms with van der Waals surface area (Å²) in [7, 11) is 0. The van der Waals surface area contributed by atoms with Crippen LogP contribution >= 0.6 is 0 Å². The largest absolute Gasteiger partial charge is 0.294 e. The summed E-state index contributed by atoms with van der Waals surface area (Å²) < 4.78 is 0. The summed E-state index contributed by atoms with van der Waals surface area (Å²) in [4.78, 5) is 11.6. The summed E-state index contributed by atoms with van der Waals surface area (Å²) in [6, 6.07) is 14.6. The maximum atomic E-state index is 11.6. The third-order valence-electron chi connectivity index (χ3n) is 3.48. The summed E-state index contributed by atoms with van der Waals surface area (Å²) in [6.07, 6.45) is 1.57. The van der Waals surface area contributed by atoms with Gasteiger partial charge in [0.25, 0.3) is 0 Å². The van der Waals surface area contributed by atoms with Crippen LogP contribution in [0.5, 0.6) is 0 Å². The first-order valence-electron chi connectivity index (χ1n) is 5.98. The minimum Gasteiger partial charge on any atom is -0.294 e. The number of hydrogen-bond donors (Lipinski definition) is 0. The zero-order valence-corrected chi connectivity index (χ0v) is 9.86. The number of hydrogen-bond acceptors (Lipinski definition) is 1. The van der Waals surface area contributed by atoms with E-state index in [4.69, 9.17) is 0 Å². The zero-order valence-electron chi connectivity index (χ0n) is 9.86. The number of ketones is 1. The Labute approximate surface area is 101 Å². The molecule has 0 aliphatic heterocycles. The van der Waals surface area contributed by atoms with Crippen LogP contribution in [0.2, 0.25) is 0 Å². The van der Waals surface area contributed by atoms with Crippen LogP contribution in [0.1, 0.15) is 27.9 Å². The number of aryl methyl sites for hydroxylation is 2. The molecule has 0 fully saturated rings. The Morgan fingerprint density at radius 2 is 1.76 bits per heavy atom. The predicted octanol–water partition coefficient (Wildman–Crippen LogP) is 3.79. The van der Waals surface area contributed by atoms with Gasteiger partial charge < -0.3 is 0 Å². The highest BCUT2D eigenvalue weighted by atomic mass is 16.1. The molecular weight excluding hydrogens is 208 g/mol. The second-order valence-electron chi connectivity index (χ2n) is 4.61. The van der Waals surface area contributed by atoms with Gasteiger partial charge in [-0.05, 0) is 35.6 Å². The summed E-state index contributed by atoms with van der Waals surface area (Å²) in [6.45, 7) is 2.12. The highest BCUT2D eigenvalue weighted by molar-refractivity contribution is 6.01. The summed E-state index contributed by atoms with van der Waals surface area (Å²) in [5.74, 6) is 0.288. The Morgan fingerprint density at radius 1 is 0.941 bits per heavy atom. The van der Waals surface area contributed by atoms with Crippen LogP contribution in [0.15, 0.2) is 42.5 Å². The first kappa shape index (κ1) is 10.3.